The summed E-state index contributed by atoms with van der Waals surface area (Å²) >= 11 is 0. The first-order valence-electron chi connectivity index (χ1n) is 8.66. The molecule has 0 unspecified atom stereocenters. The Hall–Kier alpha value is -3.15. The van der Waals surface area contributed by atoms with Gasteiger partial charge >= 0.3 is 0 Å². The van der Waals surface area contributed by atoms with E-state index in [4.69, 9.17) is 0 Å². The van der Waals surface area contributed by atoms with Crippen molar-refractivity contribution in [1.29, 1.82) is 0 Å². The summed E-state index contributed by atoms with van der Waals surface area (Å²) in [6.45, 7) is 1.32. The zero-order valence-corrected chi connectivity index (χ0v) is 14.9. The minimum Gasteiger partial charge on any atom is -0.378 e. The molecule has 3 aromatic rings. The van der Waals surface area contributed by atoms with Gasteiger partial charge in [-0.1, -0.05) is 35.5 Å². The standard InChI is InChI=1S/C20H21N5O/c1-23(2)17-10-8-16(9-11-17)20(26)24-12-18(13-24)25-14-19(21-22-25)15-6-4-3-5-7-15/h3-11,14,18H,12-13H2,1-2H3. The van der Waals surface area contributed by atoms with Crippen LogP contribution in [0.5, 0.6) is 0 Å². The largest absolute Gasteiger partial charge is 0.378 e. The lowest BCUT2D eigenvalue weighted by molar-refractivity contribution is 0.0498. The summed E-state index contributed by atoms with van der Waals surface area (Å²) in [6, 6.07) is 17.9. The maximum atomic E-state index is 12.6. The van der Waals surface area contributed by atoms with Crippen LogP contribution in [-0.2, 0) is 0 Å². The Bertz CT molecular complexity index is 895. The molecule has 26 heavy (non-hydrogen) atoms. The third kappa shape index (κ3) is 3.06. The fourth-order valence-electron chi connectivity index (χ4n) is 3.07. The fraction of sp³-hybridized carbons (Fsp3) is 0.250. The lowest BCUT2D eigenvalue weighted by Crippen LogP contribution is -2.50. The molecule has 0 aliphatic carbocycles. The zero-order valence-electron chi connectivity index (χ0n) is 14.9. The van der Waals surface area contributed by atoms with E-state index in [-0.39, 0.29) is 11.9 Å². The second-order valence-corrected chi connectivity index (χ2v) is 6.76. The van der Waals surface area contributed by atoms with Crippen LogP contribution in [-0.4, -0.2) is 53.0 Å². The quantitative estimate of drug-likeness (QED) is 0.728. The molecule has 2 heterocycles. The molecule has 1 fully saturated rings. The van der Waals surface area contributed by atoms with E-state index < -0.39 is 0 Å². The number of amides is 1. The first-order chi connectivity index (χ1) is 12.6. The molecule has 2 aromatic carbocycles. The van der Waals surface area contributed by atoms with Crippen LogP contribution in [0.4, 0.5) is 5.69 Å². The molecular formula is C20H21N5O. The molecule has 132 valence electrons. The number of carbonyl (C=O) groups is 1. The van der Waals surface area contributed by atoms with Crippen molar-refractivity contribution < 1.29 is 4.79 Å². The molecule has 4 rings (SSSR count). The average Bonchev–Trinajstić information content (AvgIpc) is 3.11. The number of benzene rings is 2. The third-order valence-electron chi connectivity index (χ3n) is 4.73. The Morgan fingerprint density at radius 3 is 2.38 bits per heavy atom. The highest BCUT2D eigenvalue weighted by atomic mass is 16.2. The van der Waals surface area contributed by atoms with E-state index in [0.717, 1.165) is 22.5 Å². The molecule has 0 atom stereocenters. The maximum absolute atomic E-state index is 12.6. The van der Waals surface area contributed by atoms with E-state index in [1.54, 1.807) is 0 Å². The van der Waals surface area contributed by atoms with Crippen LogP contribution >= 0.6 is 0 Å². The van der Waals surface area contributed by atoms with Gasteiger partial charge in [0.15, 0.2) is 0 Å². The highest BCUT2D eigenvalue weighted by Crippen LogP contribution is 2.25. The summed E-state index contributed by atoms with van der Waals surface area (Å²) in [5, 5.41) is 8.48. The van der Waals surface area contributed by atoms with E-state index in [2.05, 4.69) is 10.3 Å². The van der Waals surface area contributed by atoms with Crippen molar-refractivity contribution in [2.24, 2.45) is 0 Å². The molecule has 0 N–H and O–H groups in total. The molecule has 0 bridgehead atoms. The van der Waals surface area contributed by atoms with E-state index in [1.807, 2.05) is 89.4 Å². The number of likely N-dealkylation sites (tertiary alicyclic amines) is 1. The molecule has 1 amide bonds. The van der Waals surface area contributed by atoms with Gasteiger partial charge in [0.25, 0.3) is 5.91 Å². The van der Waals surface area contributed by atoms with Crippen molar-refractivity contribution in [2.45, 2.75) is 6.04 Å². The zero-order chi connectivity index (χ0) is 18.1. The SMILES string of the molecule is CN(C)c1ccc(C(=O)N2CC(n3cc(-c4ccccc4)nn3)C2)cc1. The molecule has 6 nitrogen and oxygen atoms in total. The molecule has 1 saturated heterocycles. The number of carbonyl (C=O) groups excluding carboxylic acids is 1. The van der Waals surface area contributed by atoms with Gasteiger partial charge in [-0.25, -0.2) is 4.68 Å². The van der Waals surface area contributed by atoms with Crippen molar-refractivity contribution in [3.05, 3.63) is 66.4 Å². The molecule has 0 spiro atoms. The van der Waals surface area contributed by atoms with E-state index in [9.17, 15) is 4.79 Å². The van der Waals surface area contributed by atoms with Gasteiger partial charge < -0.3 is 9.80 Å². The first-order valence-corrected chi connectivity index (χ1v) is 8.66. The van der Waals surface area contributed by atoms with Gasteiger partial charge in [0.05, 0.1) is 12.2 Å². The number of nitrogens with zero attached hydrogens (tertiary/aromatic N) is 5. The second kappa shape index (κ2) is 6.63. The number of rotatable bonds is 4. The maximum Gasteiger partial charge on any atom is 0.254 e. The number of hydrogen-bond acceptors (Lipinski definition) is 4. The van der Waals surface area contributed by atoms with Gasteiger partial charge in [-0.05, 0) is 24.3 Å². The van der Waals surface area contributed by atoms with E-state index >= 15 is 0 Å². The second-order valence-electron chi connectivity index (χ2n) is 6.76. The van der Waals surface area contributed by atoms with Crippen molar-refractivity contribution in [3.8, 4) is 11.3 Å². The van der Waals surface area contributed by atoms with Crippen molar-refractivity contribution >= 4 is 11.6 Å². The van der Waals surface area contributed by atoms with E-state index in [0.29, 0.717) is 13.1 Å². The fourth-order valence-corrected chi connectivity index (χ4v) is 3.07. The molecule has 1 aliphatic rings. The topological polar surface area (TPSA) is 54.3 Å². The van der Waals surface area contributed by atoms with Gasteiger partial charge in [-0.3, -0.25) is 4.79 Å². The molecule has 0 radical (unpaired) electrons. The normalized spacial score (nSPS) is 14.2. The summed E-state index contributed by atoms with van der Waals surface area (Å²) in [7, 11) is 3.97. The molecular weight excluding hydrogens is 326 g/mol. The van der Waals surface area contributed by atoms with Gasteiger partial charge in [0, 0.05) is 44.0 Å². The van der Waals surface area contributed by atoms with Crippen molar-refractivity contribution in [2.75, 3.05) is 32.1 Å². The predicted molar refractivity (Wildman–Crippen MR) is 101 cm³/mol. The third-order valence-corrected chi connectivity index (χ3v) is 4.73. The minimum absolute atomic E-state index is 0.0648. The van der Waals surface area contributed by atoms with Crippen LogP contribution in [0.1, 0.15) is 16.4 Å². The Morgan fingerprint density at radius 1 is 1.04 bits per heavy atom. The Balaban J connectivity index is 1.39. The highest BCUT2D eigenvalue weighted by Gasteiger charge is 2.33. The van der Waals surface area contributed by atoms with Gasteiger partial charge in [-0.2, -0.15) is 0 Å². The van der Waals surface area contributed by atoms with Crippen molar-refractivity contribution in [1.82, 2.24) is 19.9 Å². The smallest absolute Gasteiger partial charge is 0.254 e. The highest BCUT2D eigenvalue weighted by molar-refractivity contribution is 5.95. The van der Waals surface area contributed by atoms with Crippen molar-refractivity contribution in [3.63, 3.8) is 0 Å². The molecule has 6 heteroatoms. The summed E-state index contributed by atoms with van der Waals surface area (Å²) in [5.41, 5.74) is 3.71. The van der Waals surface area contributed by atoms with Crippen LogP contribution in [0.2, 0.25) is 0 Å². The Labute approximate surface area is 152 Å². The average molecular weight is 347 g/mol. The van der Waals surface area contributed by atoms with Gasteiger partial charge in [0.1, 0.15) is 5.69 Å². The molecule has 0 saturated carbocycles. The van der Waals surface area contributed by atoms with Gasteiger partial charge in [-0.15, -0.1) is 5.10 Å². The summed E-state index contributed by atoms with van der Waals surface area (Å²) in [5.74, 6) is 0.0648. The number of hydrogen-bond donors (Lipinski definition) is 0. The lowest BCUT2D eigenvalue weighted by Gasteiger charge is -2.38. The summed E-state index contributed by atoms with van der Waals surface area (Å²) < 4.78 is 1.86. The van der Waals surface area contributed by atoms with Crippen LogP contribution in [0, 0.1) is 0 Å². The van der Waals surface area contributed by atoms with Crippen LogP contribution in [0.25, 0.3) is 11.3 Å². The monoisotopic (exact) mass is 347 g/mol. The lowest BCUT2D eigenvalue weighted by atomic mass is 10.1. The van der Waals surface area contributed by atoms with Crippen LogP contribution < -0.4 is 4.90 Å². The first kappa shape index (κ1) is 16.3. The van der Waals surface area contributed by atoms with Crippen LogP contribution in [0.15, 0.2) is 60.8 Å². The predicted octanol–water partition coefficient (Wildman–Crippen LogP) is 2.71. The van der Waals surface area contributed by atoms with Gasteiger partial charge in [0.2, 0.25) is 0 Å². The Morgan fingerprint density at radius 2 is 1.73 bits per heavy atom. The van der Waals surface area contributed by atoms with E-state index in [1.165, 1.54) is 0 Å². The number of aromatic nitrogens is 3. The molecule has 1 aromatic heterocycles. The summed E-state index contributed by atoms with van der Waals surface area (Å²) in [6.07, 6.45) is 1.95. The van der Waals surface area contributed by atoms with Crippen LogP contribution in [0.3, 0.4) is 0 Å². The summed E-state index contributed by atoms with van der Waals surface area (Å²) in [4.78, 5) is 16.4. The minimum atomic E-state index is 0.0648. The number of anilines is 1. The molecule has 1 aliphatic heterocycles. The Kier molecular flexibility index (Phi) is 4.16.